The summed E-state index contributed by atoms with van der Waals surface area (Å²) in [7, 11) is -3.58. The molecule has 1 fully saturated rings. The van der Waals surface area contributed by atoms with Gasteiger partial charge in [-0.1, -0.05) is 29.3 Å². The van der Waals surface area contributed by atoms with Gasteiger partial charge in [-0.3, -0.25) is 4.72 Å². The highest BCUT2D eigenvalue weighted by Gasteiger charge is 2.22. The Morgan fingerprint density at radius 2 is 1.71 bits per heavy atom. The maximum absolute atomic E-state index is 12.7. The van der Waals surface area contributed by atoms with Crippen LogP contribution in [0.15, 0.2) is 52.9 Å². The van der Waals surface area contributed by atoms with Crippen LogP contribution in [0.2, 0.25) is 0 Å². The molecule has 0 amide bonds. The zero-order valence-corrected chi connectivity index (χ0v) is 17.5. The first-order valence-corrected chi connectivity index (χ1v) is 11.5. The molecular formula is C23H28N2O2S. The number of hydrogen-bond donors (Lipinski definition) is 1. The second-order valence-electron chi connectivity index (χ2n) is 8.02. The number of rotatable bonds is 6. The van der Waals surface area contributed by atoms with Crippen LogP contribution in [0.4, 0.5) is 5.69 Å². The Morgan fingerprint density at radius 3 is 2.43 bits per heavy atom. The number of hydrogen-bond acceptors (Lipinski definition) is 3. The van der Waals surface area contributed by atoms with Crippen LogP contribution < -0.4 is 4.72 Å². The summed E-state index contributed by atoms with van der Waals surface area (Å²) >= 11 is 0. The average molecular weight is 397 g/mol. The Balaban J connectivity index is 1.54. The fraction of sp³-hybridized carbons (Fsp3) is 0.391. The van der Waals surface area contributed by atoms with Crippen molar-refractivity contribution in [1.29, 1.82) is 0 Å². The number of aryl methyl sites for hydroxylation is 1. The predicted octanol–water partition coefficient (Wildman–Crippen LogP) is 4.61. The molecule has 0 saturated carbocycles. The van der Waals surface area contributed by atoms with Gasteiger partial charge in [-0.05, 0) is 93.6 Å². The highest BCUT2D eigenvalue weighted by atomic mass is 32.2. The van der Waals surface area contributed by atoms with E-state index in [9.17, 15) is 8.42 Å². The molecule has 148 valence electrons. The van der Waals surface area contributed by atoms with Gasteiger partial charge in [0.2, 0.25) is 0 Å². The molecule has 0 unspecified atom stereocenters. The van der Waals surface area contributed by atoms with Crippen molar-refractivity contribution in [3.8, 4) is 0 Å². The molecule has 5 heteroatoms. The fourth-order valence-electron chi connectivity index (χ4n) is 4.25. The topological polar surface area (TPSA) is 49.4 Å². The van der Waals surface area contributed by atoms with E-state index < -0.39 is 10.0 Å². The number of fused-ring (bicyclic) bond motifs is 1. The van der Waals surface area contributed by atoms with Gasteiger partial charge in [0.15, 0.2) is 0 Å². The number of nitrogens with zero attached hydrogens (tertiary/aromatic N) is 1. The molecular weight excluding hydrogens is 368 g/mol. The Kier molecular flexibility index (Phi) is 5.30. The van der Waals surface area contributed by atoms with Gasteiger partial charge in [0, 0.05) is 12.2 Å². The molecule has 0 spiro atoms. The molecule has 0 bridgehead atoms. The van der Waals surface area contributed by atoms with Crippen LogP contribution in [0.1, 0.15) is 42.9 Å². The minimum atomic E-state index is -3.58. The van der Waals surface area contributed by atoms with E-state index in [4.69, 9.17) is 0 Å². The molecule has 28 heavy (non-hydrogen) atoms. The van der Waals surface area contributed by atoms with Crippen LogP contribution in [0, 0.1) is 6.92 Å². The third-order valence-corrected chi connectivity index (χ3v) is 7.26. The molecule has 2 aliphatic rings. The minimum Gasteiger partial charge on any atom is -0.303 e. The summed E-state index contributed by atoms with van der Waals surface area (Å²) in [4.78, 5) is 2.82. The van der Waals surface area contributed by atoms with E-state index in [0.29, 0.717) is 10.6 Å². The molecule has 2 aromatic rings. The average Bonchev–Trinajstić information content (AvgIpc) is 3.27. The van der Waals surface area contributed by atoms with Crippen LogP contribution in [-0.4, -0.2) is 33.0 Å². The third kappa shape index (κ3) is 4.01. The van der Waals surface area contributed by atoms with Crippen molar-refractivity contribution in [3.63, 3.8) is 0 Å². The third-order valence-electron chi connectivity index (χ3n) is 5.87. The normalized spacial score (nSPS) is 17.2. The molecule has 0 aromatic heterocycles. The Bertz CT molecular complexity index is 1000. The van der Waals surface area contributed by atoms with Gasteiger partial charge in [0.25, 0.3) is 10.0 Å². The van der Waals surface area contributed by atoms with E-state index in [-0.39, 0.29) is 0 Å². The monoisotopic (exact) mass is 396 g/mol. The van der Waals surface area contributed by atoms with Crippen LogP contribution in [0.25, 0.3) is 5.57 Å². The predicted molar refractivity (Wildman–Crippen MR) is 115 cm³/mol. The standard InChI is InChI=1S/C23H28N2O2S/c1-17-5-9-21(10-6-17)28(26,27)24-20-8-7-19-15-18(2)22(23(19)16-20)11-14-25-12-3-4-13-25/h5-10,16,24H,3-4,11-15H2,1-2H3. The summed E-state index contributed by atoms with van der Waals surface area (Å²) in [5, 5.41) is 0. The van der Waals surface area contributed by atoms with Crippen molar-refractivity contribution in [2.75, 3.05) is 24.4 Å². The zero-order valence-electron chi connectivity index (χ0n) is 16.7. The first-order valence-electron chi connectivity index (χ1n) is 10.1. The van der Waals surface area contributed by atoms with E-state index in [1.807, 2.05) is 31.2 Å². The zero-order chi connectivity index (χ0) is 19.7. The molecule has 4 rings (SSSR count). The van der Waals surface area contributed by atoms with E-state index in [2.05, 4.69) is 22.6 Å². The Morgan fingerprint density at radius 1 is 1.00 bits per heavy atom. The van der Waals surface area contributed by atoms with E-state index in [0.717, 1.165) is 24.9 Å². The first kappa shape index (κ1) is 19.2. The molecule has 1 aliphatic heterocycles. The van der Waals surface area contributed by atoms with Crippen LogP contribution >= 0.6 is 0 Å². The largest absolute Gasteiger partial charge is 0.303 e. The second kappa shape index (κ2) is 7.72. The van der Waals surface area contributed by atoms with Crippen molar-refractivity contribution in [2.24, 2.45) is 0 Å². The van der Waals surface area contributed by atoms with Crippen molar-refractivity contribution in [3.05, 3.63) is 64.7 Å². The Labute approximate surface area is 168 Å². The molecule has 1 aliphatic carbocycles. The molecule has 1 heterocycles. The molecule has 1 saturated heterocycles. The molecule has 2 aromatic carbocycles. The van der Waals surface area contributed by atoms with Gasteiger partial charge in [0.05, 0.1) is 4.90 Å². The maximum Gasteiger partial charge on any atom is 0.261 e. The lowest BCUT2D eigenvalue weighted by atomic mass is 10.0. The highest BCUT2D eigenvalue weighted by molar-refractivity contribution is 7.92. The second-order valence-corrected chi connectivity index (χ2v) is 9.71. The van der Waals surface area contributed by atoms with Gasteiger partial charge in [-0.2, -0.15) is 0 Å². The molecule has 0 radical (unpaired) electrons. The SMILES string of the molecule is CC1=C(CCN2CCCC2)c2cc(NS(=O)(=O)c3ccc(C)cc3)ccc2C1. The van der Waals surface area contributed by atoms with Gasteiger partial charge < -0.3 is 4.90 Å². The van der Waals surface area contributed by atoms with Gasteiger partial charge in [-0.25, -0.2) is 8.42 Å². The lowest BCUT2D eigenvalue weighted by molar-refractivity contribution is 0.348. The number of allylic oxidation sites excluding steroid dienone is 1. The summed E-state index contributed by atoms with van der Waals surface area (Å²) in [5.74, 6) is 0. The molecule has 0 atom stereocenters. The van der Waals surface area contributed by atoms with E-state index >= 15 is 0 Å². The van der Waals surface area contributed by atoms with Crippen molar-refractivity contribution < 1.29 is 8.42 Å². The summed E-state index contributed by atoms with van der Waals surface area (Å²) < 4.78 is 28.2. The summed E-state index contributed by atoms with van der Waals surface area (Å²) in [6.45, 7) is 7.65. The lowest BCUT2D eigenvalue weighted by Gasteiger charge is -2.16. The summed E-state index contributed by atoms with van der Waals surface area (Å²) in [5.41, 5.74) is 6.98. The van der Waals surface area contributed by atoms with Gasteiger partial charge in [-0.15, -0.1) is 0 Å². The number of sulfonamides is 1. The van der Waals surface area contributed by atoms with E-state index in [1.165, 1.54) is 48.2 Å². The quantitative estimate of drug-likeness (QED) is 0.776. The smallest absolute Gasteiger partial charge is 0.261 e. The Hall–Kier alpha value is -2.11. The van der Waals surface area contributed by atoms with Crippen LogP contribution in [-0.2, 0) is 16.4 Å². The van der Waals surface area contributed by atoms with Gasteiger partial charge in [0.1, 0.15) is 0 Å². The van der Waals surface area contributed by atoms with E-state index in [1.54, 1.807) is 12.1 Å². The number of nitrogens with one attached hydrogen (secondary N) is 1. The minimum absolute atomic E-state index is 0.291. The number of likely N-dealkylation sites (tertiary alicyclic amines) is 1. The summed E-state index contributed by atoms with van der Waals surface area (Å²) in [6.07, 6.45) is 4.61. The number of anilines is 1. The first-order chi connectivity index (χ1) is 13.4. The molecule has 4 nitrogen and oxygen atoms in total. The van der Waals surface area contributed by atoms with Crippen LogP contribution in [0.3, 0.4) is 0 Å². The van der Waals surface area contributed by atoms with Crippen molar-refractivity contribution in [1.82, 2.24) is 4.90 Å². The van der Waals surface area contributed by atoms with Crippen LogP contribution in [0.5, 0.6) is 0 Å². The van der Waals surface area contributed by atoms with Crippen molar-refractivity contribution in [2.45, 2.75) is 44.4 Å². The molecule has 1 N–H and O–H groups in total. The van der Waals surface area contributed by atoms with Crippen molar-refractivity contribution >= 4 is 21.3 Å². The summed E-state index contributed by atoms with van der Waals surface area (Å²) in [6, 6.07) is 12.9. The fourth-order valence-corrected chi connectivity index (χ4v) is 5.30. The maximum atomic E-state index is 12.7. The highest BCUT2D eigenvalue weighted by Crippen LogP contribution is 2.37. The lowest BCUT2D eigenvalue weighted by Crippen LogP contribution is -2.20. The number of benzene rings is 2. The van der Waals surface area contributed by atoms with Gasteiger partial charge >= 0.3 is 0 Å².